The minimum atomic E-state index is -0.369. The van der Waals surface area contributed by atoms with Crippen LogP contribution >= 0.6 is 0 Å². The summed E-state index contributed by atoms with van der Waals surface area (Å²) in [6.07, 6.45) is 2.66. The van der Waals surface area contributed by atoms with E-state index in [-0.39, 0.29) is 17.8 Å². The molecular formula is C23H28FN3O2. The van der Waals surface area contributed by atoms with Crippen molar-refractivity contribution in [3.05, 3.63) is 66.0 Å². The Labute approximate surface area is 171 Å². The van der Waals surface area contributed by atoms with Crippen LogP contribution in [-0.4, -0.2) is 61.1 Å². The van der Waals surface area contributed by atoms with Gasteiger partial charge in [0, 0.05) is 45.0 Å². The summed E-state index contributed by atoms with van der Waals surface area (Å²) in [5.41, 5.74) is 1.58. The van der Waals surface area contributed by atoms with E-state index in [0.717, 1.165) is 57.7 Å². The van der Waals surface area contributed by atoms with Crippen molar-refractivity contribution in [2.45, 2.75) is 25.0 Å². The monoisotopic (exact) mass is 397 g/mol. The molecule has 2 heterocycles. The summed E-state index contributed by atoms with van der Waals surface area (Å²) in [5, 5.41) is 2.95. The summed E-state index contributed by atoms with van der Waals surface area (Å²) >= 11 is 0. The molecular weight excluding hydrogens is 369 g/mol. The molecule has 2 aliphatic heterocycles. The second kappa shape index (κ2) is 9.48. The van der Waals surface area contributed by atoms with Gasteiger partial charge < -0.3 is 10.1 Å². The zero-order valence-electron chi connectivity index (χ0n) is 16.6. The van der Waals surface area contributed by atoms with Gasteiger partial charge >= 0.3 is 0 Å². The number of hydrogen-bond donors (Lipinski definition) is 1. The Balaban J connectivity index is 1.43. The van der Waals surface area contributed by atoms with Gasteiger partial charge in [0.1, 0.15) is 11.9 Å². The number of piperazine rings is 1. The molecule has 1 amide bonds. The number of anilines is 1. The van der Waals surface area contributed by atoms with Gasteiger partial charge in [-0.3, -0.25) is 14.6 Å². The molecule has 0 bridgehead atoms. The minimum Gasteiger partial charge on any atom is -0.377 e. The van der Waals surface area contributed by atoms with Crippen LogP contribution in [0.3, 0.4) is 0 Å². The molecule has 2 atom stereocenters. The van der Waals surface area contributed by atoms with Crippen LogP contribution in [-0.2, 0) is 9.53 Å². The SMILES string of the molecule is O=C(Nc1ccc(F)cc1)[C@@H](c1ccccc1)N1CCN(C[C@@H]2CCCO2)CC1. The van der Waals surface area contributed by atoms with E-state index >= 15 is 0 Å². The first-order chi connectivity index (χ1) is 14.2. The molecule has 29 heavy (non-hydrogen) atoms. The molecule has 154 valence electrons. The van der Waals surface area contributed by atoms with Crippen molar-refractivity contribution < 1.29 is 13.9 Å². The number of nitrogens with one attached hydrogen (secondary N) is 1. The first-order valence-electron chi connectivity index (χ1n) is 10.4. The highest BCUT2D eigenvalue weighted by Gasteiger charge is 2.31. The second-order valence-electron chi connectivity index (χ2n) is 7.78. The third kappa shape index (κ3) is 5.21. The fourth-order valence-electron chi connectivity index (χ4n) is 4.19. The first kappa shape index (κ1) is 20.0. The van der Waals surface area contributed by atoms with Crippen LogP contribution in [0.1, 0.15) is 24.4 Å². The number of benzene rings is 2. The van der Waals surface area contributed by atoms with Crippen LogP contribution in [0.5, 0.6) is 0 Å². The van der Waals surface area contributed by atoms with E-state index in [9.17, 15) is 9.18 Å². The maximum absolute atomic E-state index is 13.2. The average Bonchev–Trinajstić information content (AvgIpc) is 3.25. The van der Waals surface area contributed by atoms with E-state index in [2.05, 4.69) is 15.1 Å². The van der Waals surface area contributed by atoms with Gasteiger partial charge in [0.05, 0.1) is 6.10 Å². The van der Waals surface area contributed by atoms with Crippen LogP contribution in [0.2, 0.25) is 0 Å². The molecule has 0 unspecified atom stereocenters. The summed E-state index contributed by atoms with van der Waals surface area (Å²) in [4.78, 5) is 17.9. The molecule has 2 aromatic carbocycles. The Hall–Kier alpha value is -2.28. The zero-order valence-corrected chi connectivity index (χ0v) is 16.6. The fourth-order valence-corrected chi connectivity index (χ4v) is 4.19. The topological polar surface area (TPSA) is 44.8 Å². The van der Waals surface area contributed by atoms with Gasteiger partial charge in [0.15, 0.2) is 0 Å². The summed E-state index contributed by atoms with van der Waals surface area (Å²) in [6, 6.07) is 15.4. The van der Waals surface area contributed by atoms with Crippen LogP contribution in [0.4, 0.5) is 10.1 Å². The van der Waals surface area contributed by atoms with Crippen LogP contribution in [0, 0.1) is 5.82 Å². The summed E-state index contributed by atoms with van der Waals surface area (Å²) in [7, 11) is 0. The standard InChI is InChI=1S/C23H28FN3O2/c24-19-8-10-20(11-9-19)25-23(28)22(18-5-2-1-3-6-18)27-14-12-26(13-15-27)17-21-7-4-16-29-21/h1-3,5-6,8-11,21-22H,4,7,12-17H2,(H,25,28)/t21-,22+/m0/s1. The molecule has 2 fully saturated rings. The Kier molecular flexibility index (Phi) is 6.54. The largest absolute Gasteiger partial charge is 0.377 e. The van der Waals surface area contributed by atoms with Gasteiger partial charge in [-0.25, -0.2) is 4.39 Å². The molecule has 2 aliphatic rings. The molecule has 6 heteroatoms. The lowest BCUT2D eigenvalue weighted by Crippen LogP contribution is -2.51. The van der Waals surface area contributed by atoms with Crippen molar-refractivity contribution in [2.75, 3.05) is 44.6 Å². The van der Waals surface area contributed by atoms with Crippen LogP contribution in [0.15, 0.2) is 54.6 Å². The number of rotatable bonds is 6. The Morgan fingerprint density at radius 1 is 1.07 bits per heavy atom. The highest BCUT2D eigenvalue weighted by atomic mass is 19.1. The first-order valence-corrected chi connectivity index (χ1v) is 10.4. The average molecular weight is 397 g/mol. The number of hydrogen-bond acceptors (Lipinski definition) is 4. The van der Waals surface area contributed by atoms with E-state index in [1.54, 1.807) is 12.1 Å². The number of nitrogens with zero attached hydrogens (tertiary/aromatic N) is 2. The quantitative estimate of drug-likeness (QED) is 0.812. The summed E-state index contributed by atoms with van der Waals surface area (Å²) < 4.78 is 19.0. The van der Waals surface area contributed by atoms with Crippen molar-refractivity contribution in [1.29, 1.82) is 0 Å². The number of carbonyl (C=O) groups is 1. The lowest BCUT2D eigenvalue weighted by Gasteiger charge is -2.39. The smallest absolute Gasteiger partial charge is 0.246 e. The molecule has 5 nitrogen and oxygen atoms in total. The number of carbonyl (C=O) groups excluding carboxylic acids is 1. The molecule has 1 N–H and O–H groups in total. The third-order valence-electron chi connectivity index (χ3n) is 5.73. The van der Waals surface area contributed by atoms with Gasteiger partial charge in [0.25, 0.3) is 0 Å². The van der Waals surface area contributed by atoms with E-state index in [1.165, 1.54) is 12.1 Å². The Bertz CT molecular complexity index is 786. The predicted octanol–water partition coefficient (Wildman–Crippen LogP) is 3.30. The predicted molar refractivity (Wildman–Crippen MR) is 111 cm³/mol. The lowest BCUT2D eigenvalue weighted by atomic mass is 10.0. The summed E-state index contributed by atoms with van der Waals surface area (Å²) in [6.45, 7) is 5.35. The summed E-state index contributed by atoms with van der Waals surface area (Å²) in [5.74, 6) is -0.402. The van der Waals surface area contributed by atoms with Gasteiger partial charge in [-0.2, -0.15) is 0 Å². The molecule has 0 radical (unpaired) electrons. The highest BCUT2D eigenvalue weighted by Crippen LogP contribution is 2.25. The maximum atomic E-state index is 13.2. The molecule has 0 saturated carbocycles. The number of amides is 1. The third-order valence-corrected chi connectivity index (χ3v) is 5.73. The van der Waals surface area contributed by atoms with Crippen molar-refractivity contribution in [3.63, 3.8) is 0 Å². The minimum absolute atomic E-state index is 0.0876. The molecule has 0 aliphatic carbocycles. The Morgan fingerprint density at radius 2 is 1.79 bits per heavy atom. The van der Waals surface area contributed by atoms with Crippen molar-refractivity contribution in [2.24, 2.45) is 0 Å². The molecule has 2 saturated heterocycles. The van der Waals surface area contributed by atoms with Crippen molar-refractivity contribution >= 4 is 11.6 Å². The van der Waals surface area contributed by atoms with Crippen molar-refractivity contribution in [1.82, 2.24) is 9.80 Å². The number of halogens is 1. The van der Waals surface area contributed by atoms with Crippen molar-refractivity contribution in [3.8, 4) is 0 Å². The van der Waals surface area contributed by atoms with Gasteiger partial charge in [-0.15, -0.1) is 0 Å². The normalized spacial score (nSPS) is 21.8. The van der Waals surface area contributed by atoms with Gasteiger partial charge in [0.2, 0.25) is 5.91 Å². The zero-order chi connectivity index (χ0) is 20.1. The van der Waals surface area contributed by atoms with Crippen LogP contribution in [0.25, 0.3) is 0 Å². The van der Waals surface area contributed by atoms with Gasteiger partial charge in [-0.05, 0) is 42.7 Å². The fraction of sp³-hybridized carbons (Fsp3) is 0.435. The molecule has 4 rings (SSSR count). The van der Waals surface area contributed by atoms with E-state index in [1.807, 2.05) is 30.3 Å². The lowest BCUT2D eigenvalue weighted by molar-refractivity contribution is -0.122. The maximum Gasteiger partial charge on any atom is 0.246 e. The van der Waals surface area contributed by atoms with Gasteiger partial charge in [-0.1, -0.05) is 30.3 Å². The molecule has 2 aromatic rings. The molecule has 0 aromatic heterocycles. The van der Waals surface area contributed by atoms with E-state index < -0.39 is 0 Å². The molecule has 0 spiro atoms. The highest BCUT2D eigenvalue weighted by molar-refractivity contribution is 5.95. The van der Waals surface area contributed by atoms with Crippen LogP contribution < -0.4 is 5.32 Å². The number of ether oxygens (including phenoxy) is 1. The Morgan fingerprint density at radius 3 is 2.45 bits per heavy atom. The van der Waals surface area contributed by atoms with E-state index in [0.29, 0.717) is 11.8 Å². The second-order valence-corrected chi connectivity index (χ2v) is 7.78. The van der Waals surface area contributed by atoms with E-state index in [4.69, 9.17) is 4.74 Å².